The van der Waals surface area contributed by atoms with Crippen LogP contribution in [-0.2, 0) is 24.8 Å². The van der Waals surface area contributed by atoms with Gasteiger partial charge in [-0.15, -0.1) is 11.3 Å². The first kappa shape index (κ1) is 23.2. The molecule has 12 heteroatoms. The SMILES string of the molecule is Cc1ccc(S(=O)(=O)NC[C@H](C(=O)NO)N(c2ccc3sccc3c2)S(C)(=O)=O)cc1. The van der Waals surface area contributed by atoms with Gasteiger partial charge in [-0.05, 0) is 54.1 Å². The quantitative estimate of drug-likeness (QED) is 0.331. The number of hydrogen-bond donors (Lipinski definition) is 3. The molecule has 0 spiro atoms. The summed E-state index contributed by atoms with van der Waals surface area (Å²) in [5, 5.41) is 11.8. The van der Waals surface area contributed by atoms with E-state index in [4.69, 9.17) is 0 Å². The molecule has 0 aliphatic heterocycles. The summed E-state index contributed by atoms with van der Waals surface area (Å²) in [6, 6.07) is 11.1. The highest BCUT2D eigenvalue weighted by Gasteiger charge is 2.34. The molecule has 0 aliphatic rings. The Kier molecular flexibility index (Phi) is 6.67. The third kappa shape index (κ3) is 5.22. The second-order valence-electron chi connectivity index (χ2n) is 6.86. The minimum absolute atomic E-state index is 0.0353. The van der Waals surface area contributed by atoms with Crippen molar-refractivity contribution in [2.75, 3.05) is 17.1 Å². The Bertz CT molecular complexity index is 1300. The largest absolute Gasteiger partial charge is 0.289 e. The molecule has 0 radical (unpaired) electrons. The van der Waals surface area contributed by atoms with Gasteiger partial charge in [0.25, 0.3) is 5.91 Å². The molecule has 0 saturated heterocycles. The highest BCUT2D eigenvalue weighted by atomic mass is 32.2. The number of amides is 1. The highest BCUT2D eigenvalue weighted by molar-refractivity contribution is 7.92. The van der Waals surface area contributed by atoms with Crippen LogP contribution in [0.5, 0.6) is 0 Å². The van der Waals surface area contributed by atoms with E-state index in [0.717, 1.165) is 26.2 Å². The van der Waals surface area contributed by atoms with Crippen molar-refractivity contribution in [2.24, 2.45) is 0 Å². The van der Waals surface area contributed by atoms with Gasteiger partial charge in [0.15, 0.2) is 0 Å². The van der Waals surface area contributed by atoms with Crippen molar-refractivity contribution in [1.29, 1.82) is 0 Å². The third-order valence-electron chi connectivity index (χ3n) is 4.54. The number of thiophene rings is 1. The standard InChI is InChI=1S/C19H21N3O6S3/c1-13-3-6-16(7-4-13)31(27,28)20-12-17(19(23)21-24)22(30(2,25)26)15-5-8-18-14(11-15)9-10-29-18/h3-11,17,20,24H,12H2,1-2H3,(H,21,23)/t17-/m1/s1. The number of nitrogens with zero attached hydrogens (tertiary/aromatic N) is 1. The third-order valence-corrected chi connectivity index (χ3v) is 8.06. The van der Waals surface area contributed by atoms with Crippen molar-refractivity contribution in [3.8, 4) is 0 Å². The average Bonchev–Trinajstić information content (AvgIpc) is 3.17. The molecule has 0 saturated carbocycles. The lowest BCUT2D eigenvalue weighted by molar-refractivity contribution is -0.130. The van der Waals surface area contributed by atoms with E-state index in [9.17, 15) is 26.8 Å². The maximum atomic E-state index is 12.6. The summed E-state index contributed by atoms with van der Waals surface area (Å²) in [5.74, 6) is -1.08. The van der Waals surface area contributed by atoms with E-state index < -0.39 is 38.5 Å². The number of nitrogens with one attached hydrogen (secondary N) is 2. The van der Waals surface area contributed by atoms with E-state index >= 15 is 0 Å². The number of hydroxylamine groups is 1. The molecule has 1 amide bonds. The molecular weight excluding hydrogens is 462 g/mol. The molecule has 3 rings (SSSR count). The molecule has 3 N–H and O–H groups in total. The fourth-order valence-corrected chi connectivity index (χ4v) is 5.98. The van der Waals surface area contributed by atoms with Crippen LogP contribution in [-0.4, -0.2) is 46.8 Å². The zero-order valence-electron chi connectivity index (χ0n) is 16.6. The summed E-state index contributed by atoms with van der Waals surface area (Å²) in [6.07, 6.45) is 0.900. The topological polar surface area (TPSA) is 133 Å². The van der Waals surface area contributed by atoms with E-state index in [2.05, 4.69) is 4.72 Å². The van der Waals surface area contributed by atoms with Crippen LogP contribution in [0.3, 0.4) is 0 Å². The van der Waals surface area contributed by atoms with Crippen molar-refractivity contribution < 1.29 is 26.8 Å². The van der Waals surface area contributed by atoms with Crippen LogP contribution in [0.2, 0.25) is 0 Å². The minimum Gasteiger partial charge on any atom is -0.289 e. The summed E-state index contributed by atoms with van der Waals surface area (Å²) in [6.45, 7) is 1.21. The van der Waals surface area contributed by atoms with Crippen LogP contribution in [0.25, 0.3) is 10.1 Å². The highest BCUT2D eigenvalue weighted by Crippen LogP contribution is 2.29. The number of sulfonamides is 2. The van der Waals surface area contributed by atoms with Gasteiger partial charge in [0.1, 0.15) is 6.04 Å². The Labute approximate surface area is 184 Å². The zero-order chi connectivity index (χ0) is 22.8. The van der Waals surface area contributed by atoms with Crippen LogP contribution < -0.4 is 14.5 Å². The van der Waals surface area contributed by atoms with Gasteiger partial charge < -0.3 is 0 Å². The van der Waals surface area contributed by atoms with Gasteiger partial charge in [-0.2, -0.15) is 0 Å². The normalized spacial score (nSPS) is 13.1. The number of benzene rings is 2. The van der Waals surface area contributed by atoms with Gasteiger partial charge in [-0.3, -0.25) is 14.3 Å². The Hall–Kier alpha value is -2.51. The average molecular weight is 484 g/mol. The summed E-state index contributed by atoms with van der Waals surface area (Å²) in [4.78, 5) is 12.3. The van der Waals surface area contributed by atoms with Gasteiger partial charge in [0.2, 0.25) is 20.0 Å². The van der Waals surface area contributed by atoms with E-state index in [0.29, 0.717) is 0 Å². The number of rotatable bonds is 8. The molecule has 31 heavy (non-hydrogen) atoms. The Morgan fingerprint density at radius 2 is 1.77 bits per heavy atom. The molecule has 9 nitrogen and oxygen atoms in total. The first-order valence-electron chi connectivity index (χ1n) is 9.00. The smallest absolute Gasteiger partial charge is 0.268 e. The fourth-order valence-electron chi connectivity index (χ4n) is 3.04. The molecule has 3 aromatic rings. The summed E-state index contributed by atoms with van der Waals surface area (Å²) in [5.41, 5.74) is 2.45. The van der Waals surface area contributed by atoms with Gasteiger partial charge in [-0.1, -0.05) is 17.7 Å². The molecule has 0 aliphatic carbocycles. The molecule has 0 bridgehead atoms. The second kappa shape index (κ2) is 8.93. The van der Waals surface area contributed by atoms with Gasteiger partial charge in [0.05, 0.1) is 16.8 Å². The monoisotopic (exact) mass is 483 g/mol. The first-order chi connectivity index (χ1) is 14.5. The molecular formula is C19H21N3O6S3. The molecule has 0 fully saturated rings. The number of carbonyl (C=O) groups is 1. The van der Waals surface area contributed by atoms with Crippen molar-refractivity contribution in [1.82, 2.24) is 10.2 Å². The van der Waals surface area contributed by atoms with Crippen molar-refractivity contribution in [3.05, 3.63) is 59.5 Å². The maximum Gasteiger partial charge on any atom is 0.268 e. The van der Waals surface area contributed by atoms with E-state index in [1.54, 1.807) is 37.3 Å². The number of carbonyl (C=O) groups excluding carboxylic acids is 1. The van der Waals surface area contributed by atoms with Crippen LogP contribution >= 0.6 is 11.3 Å². The first-order valence-corrected chi connectivity index (χ1v) is 13.2. The summed E-state index contributed by atoms with van der Waals surface area (Å²) >= 11 is 1.47. The fraction of sp³-hybridized carbons (Fsp3) is 0.211. The van der Waals surface area contributed by atoms with Crippen LogP contribution in [0.4, 0.5) is 5.69 Å². The summed E-state index contributed by atoms with van der Waals surface area (Å²) in [7, 11) is -8.06. The molecule has 1 aromatic heterocycles. The van der Waals surface area contributed by atoms with Crippen molar-refractivity contribution in [3.63, 3.8) is 0 Å². The lowest BCUT2D eigenvalue weighted by Gasteiger charge is -2.30. The zero-order valence-corrected chi connectivity index (χ0v) is 19.1. The predicted octanol–water partition coefficient (Wildman–Crippen LogP) is 1.83. The van der Waals surface area contributed by atoms with Crippen molar-refractivity contribution >= 4 is 53.1 Å². The Balaban J connectivity index is 1.98. The molecule has 166 valence electrons. The van der Waals surface area contributed by atoms with E-state index in [1.807, 2.05) is 5.38 Å². The Morgan fingerprint density at radius 1 is 1.10 bits per heavy atom. The lowest BCUT2D eigenvalue weighted by Crippen LogP contribution is -2.54. The van der Waals surface area contributed by atoms with E-state index in [1.165, 1.54) is 35.0 Å². The lowest BCUT2D eigenvalue weighted by atomic mass is 10.2. The Morgan fingerprint density at radius 3 is 2.39 bits per heavy atom. The van der Waals surface area contributed by atoms with Crippen LogP contribution in [0.1, 0.15) is 5.56 Å². The number of anilines is 1. The van der Waals surface area contributed by atoms with E-state index in [-0.39, 0.29) is 10.6 Å². The maximum absolute atomic E-state index is 12.6. The number of hydrogen-bond acceptors (Lipinski definition) is 7. The predicted molar refractivity (Wildman–Crippen MR) is 119 cm³/mol. The van der Waals surface area contributed by atoms with Gasteiger partial charge in [0, 0.05) is 11.2 Å². The van der Waals surface area contributed by atoms with Crippen LogP contribution in [0.15, 0.2) is 58.8 Å². The van der Waals surface area contributed by atoms with Crippen molar-refractivity contribution in [2.45, 2.75) is 17.9 Å². The molecule has 1 heterocycles. The second-order valence-corrected chi connectivity index (χ2v) is 11.4. The molecule has 1 atom stereocenters. The molecule has 2 aromatic carbocycles. The summed E-state index contributed by atoms with van der Waals surface area (Å²) < 4.78 is 54.4. The van der Waals surface area contributed by atoms with Gasteiger partial charge in [-0.25, -0.2) is 27.0 Å². The number of fused-ring (bicyclic) bond motifs is 1. The number of aryl methyl sites for hydroxylation is 1. The van der Waals surface area contributed by atoms with Crippen LogP contribution in [0, 0.1) is 6.92 Å². The molecule has 0 unspecified atom stereocenters. The minimum atomic E-state index is -4.03. The van der Waals surface area contributed by atoms with Gasteiger partial charge >= 0.3 is 0 Å².